The van der Waals surface area contributed by atoms with Gasteiger partial charge in [0.25, 0.3) is 0 Å². The van der Waals surface area contributed by atoms with Crippen molar-refractivity contribution in [2.24, 2.45) is 0 Å². The van der Waals surface area contributed by atoms with E-state index in [1.807, 2.05) is 0 Å². The molecule has 242 valence electrons. The Kier molecular flexibility index (Phi) is 13.2. The van der Waals surface area contributed by atoms with Crippen LogP contribution in [0.1, 0.15) is 31.1 Å². The first kappa shape index (κ1) is 35.8. The van der Waals surface area contributed by atoms with E-state index in [2.05, 4.69) is 47.8 Å². The van der Waals surface area contributed by atoms with Crippen molar-refractivity contribution in [2.75, 3.05) is 55.9 Å². The average molecular weight is 821 g/mol. The molecule has 0 aromatic heterocycles. The van der Waals surface area contributed by atoms with Crippen molar-refractivity contribution in [3.05, 3.63) is 66.5 Å². The molecule has 0 atom stereocenters. The van der Waals surface area contributed by atoms with Crippen LogP contribution in [-0.2, 0) is 14.2 Å². The molecule has 0 unspecified atom stereocenters. The second kappa shape index (κ2) is 16.6. The van der Waals surface area contributed by atoms with Gasteiger partial charge in [0, 0.05) is 0 Å². The van der Waals surface area contributed by atoms with Crippen molar-refractivity contribution in [1.82, 2.24) is 0 Å². The minimum Gasteiger partial charge on any atom is -0.493 e. The van der Waals surface area contributed by atoms with Gasteiger partial charge >= 0.3 is 17.9 Å². The number of esters is 3. The molecule has 0 fully saturated rings. The maximum absolute atomic E-state index is 13.2. The number of rotatable bonds is 14. The summed E-state index contributed by atoms with van der Waals surface area (Å²) >= 11 is 10.0. The van der Waals surface area contributed by atoms with Gasteiger partial charge in [-0.05, 0) is 84.2 Å². The monoisotopic (exact) mass is 818 g/mol. The van der Waals surface area contributed by atoms with E-state index in [4.69, 9.17) is 42.6 Å². The highest BCUT2D eigenvalue weighted by atomic mass is 79.9. The summed E-state index contributed by atoms with van der Waals surface area (Å²) in [6.07, 6.45) is -1.22. The third kappa shape index (κ3) is 8.73. The van der Waals surface area contributed by atoms with Crippen molar-refractivity contribution in [2.45, 2.75) is 6.10 Å². The van der Waals surface area contributed by atoms with E-state index in [1.165, 1.54) is 79.1 Å². The summed E-state index contributed by atoms with van der Waals surface area (Å²) in [4.78, 5) is 39.2. The van der Waals surface area contributed by atoms with E-state index >= 15 is 0 Å². The number of hydrogen-bond acceptors (Lipinski definition) is 12. The predicted octanol–water partition coefficient (Wildman–Crippen LogP) is 6.27. The first-order valence-electron chi connectivity index (χ1n) is 12.8. The molecule has 0 aliphatic carbocycles. The Morgan fingerprint density at radius 2 is 0.822 bits per heavy atom. The maximum atomic E-state index is 13.2. The van der Waals surface area contributed by atoms with E-state index in [0.717, 1.165) is 0 Å². The molecule has 0 radical (unpaired) electrons. The van der Waals surface area contributed by atoms with Crippen LogP contribution in [0, 0.1) is 0 Å². The van der Waals surface area contributed by atoms with Crippen LogP contribution in [0.3, 0.4) is 0 Å². The minimum absolute atomic E-state index is 0.0924. The summed E-state index contributed by atoms with van der Waals surface area (Å²) in [5.41, 5.74) is 0.344. The highest BCUT2D eigenvalue weighted by Gasteiger charge is 2.25. The quantitative estimate of drug-likeness (QED) is 0.134. The molecule has 3 rings (SSSR count). The Bertz CT molecular complexity index is 1480. The molecule has 0 amide bonds. The van der Waals surface area contributed by atoms with Crippen LogP contribution in [0.5, 0.6) is 34.5 Å². The molecule has 0 saturated heterocycles. The second-order valence-corrected chi connectivity index (χ2v) is 11.4. The maximum Gasteiger partial charge on any atom is 0.338 e. The zero-order chi connectivity index (χ0) is 33.3. The Labute approximate surface area is 284 Å². The average Bonchev–Trinajstić information content (AvgIpc) is 3.03. The summed E-state index contributed by atoms with van der Waals surface area (Å²) in [6, 6.07) is 8.73. The van der Waals surface area contributed by atoms with Crippen LogP contribution in [0.15, 0.2) is 49.8 Å². The fraction of sp³-hybridized carbons (Fsp3) is 0.300. The van der Waals surface area contributed by atoms with Crippen LogP contribution in [0.4, 0.5) is 0 Å². The van der Waals surface area contributed by atoms with E-state index < -0.39 is 37.2 Å². The first-order chi connectivity index (χ1) is 21.5. The van der Waals surface area contributed by atoms with Crippen molar-refractivity contribution in [1.29, 1.82) is 0 Å². The molecule has 0 spiro atoms. The lowest BCUT2D eigenvalue weighted by Gasteiger charge is -2.19. The fourth-order valence-electron chi connectivity index (χ4n) is 3.95. The van der Waals surface area contributed by atoms with Crippen molar-refractivity contribution in [3.8, 4) is 34.5 Å². The van der Waals surface area contributed by atoms with E-state index in [0.29, 0.717) is 30.7 Å². The summed E-state index contributed by atoms with van der Waals surface area (Å²) in [6.45, 7) is -0.929. The third-order valence-electron chi connectivity index (χ3n) is 6.08. The van der Waals surface area contributed by atoms with Gasteiger partial charge in [-0.1, -0.05) is 0 Å². The van der Waals surface area contributed by atoms with Gasteiger partial charge in [-0.15, -0.1) is 0 Å². The number of carbonyl (C=O) groups excluding carboxylic acids is 3. The van der Waals surface area contributed by atoms with Crippen LogP contribution >= 0.6 is 47.8 Å². The molecule has 0 bridgehead atoms. The minimum atomic E-state index is -1.22. The van der Waals surface area contributed by atoms with Gasteiger partial charge in [-0.3, -0.25) is 0 Å². The molecular formula is C30H29Br3O12. The van der Waals surface area contributed by atoms with Gasteiger partial charge < -0.3 is 42.6 Å². The topological polar surface area (TPSA) is 134 Å². The SMILES string of the molecule is COc1cc(C(=O)OCC(COC(=O)c2cc(Br)c(OC)c(OC)c2)OC(=O)c2cc(Br)c(OC)c(OC)c2)cc(Br)c1OC. The zero-order valence-electron chi connectivity index (χ0n) is 25.0. The molecule has 0 heterocycles. The number of ether oxygens (including phenoxy) is 9. The second-order valence-electron chi connectivity index (χ2n) is 8.80. The molecule has 0 saturated carbocycles. The zero-order valence-corrected chi connectivity index (χ0v) is 29.7. The Morgan fingerprint density at radius 1 is 0.511 bits per heavy atom. The first-order valence-corrected chi connectivity index (χ1v) is 15.2. The fourth-order valence-corrected chi connectivity index (χ4v) is 5.76. The number of carbonyl (C=O) groups is 3. The molecule has 15 heteroatoms. The molecule has 12 nitrogen and oxygen atoms in total. The van der Waals surface area contributed by atoms with Crippen molar-refractivity contribution < 1.29 is 57.0 Å². The van der Waals surface area contributed by atoms with Crippen molar-refractivity contribution in [3.63, 3.8) is 0 Å². The summed E-state index contributed by atoms with van der Waals surface area (Å²) in [5.74, 6) is -0.347. The van der Waals surface area contributed by atoms with Gasteiger partial charge in [-0.2, -0.15) is 0 Å². The Morgan fingerprint density at radius 3 is 1.11 bits per heavy atom. The van der Waals surface area contributed by atoms with Gasteiger partial charge in [0.15, 0.2) is 40.6 Å². The summed E-state index contributed by atoms with van der Waals surface area (Å²) < 4.78 is 49.7. The molecular weight excluding hydrogens is 792 g/mol. The highest BCUT2D eigenvalue weighted by molar-refractivity contribution is 9.11. The summed E-state index contributed by atoms with van der Waals surface area (Å²) in [5, 5.41) is 0. The normalized spacial score (nSPS) is 10.5. The predicted molar refractivity (Wildman–Crippen MR) is 172 cm³/mol. The van der Waals surface area contributed by atoms with Gasteiger partial charge in [0.2, 0.25) is 0 Å². The highest BCUT2D eigenvalue weighted by Crippen LogP contribution is 2.38. The molecule has 45 heavy (non-hydrogen) atoms. The van der Waals surface area contributed by atoms with Crippen LogP contribution in [0.25, 0.3) is 0 Å². The Hall–Kier alpha value is -3.69. The van der Waals surface area contributed by atoms with E-state index in [1.54, 1.807) is 0 Å². The lowest BCUT2D eigenvalue weighted by Crippen LogP contribution is -2.31. The summed E-state index contributed by atoms with van der Waals surface area (Å²) in [7, 11) is 8.63. The van der Waals surface area contributed by atoms with Gasteiger partial charge in [-0.25, -0.2) is 14.4 Å². The largest absolute Gasteiger partial charge is 0.493 e. The number of halogens is 3. The number of hydrogen-bond donors (Lipinski definition) is 0. The van der Waals surface area contributed by atoms with Crippen molar-refractivity contribution >= 4 is 65.7 Å². The molecule has 0 N–H and O–H groups in total. The molecule has 0 aliphatic rings. The lowest BCUT2D eigenvalue weighted by molar-refractivity contribution is -0.0254. The number of benzene rings is 3. The van der Waals surface area contributed by atoms with Crippen LogP contribution in [-0.4, -0.2) is 79.9 Å². The standard InChI is InChI=1S/C30H29Br3O12/c1-37-22-10-15(7-19(31)25(22)40-4)28(34)43-13-18(45-30(36)17-9-21(33)27(42-6)24(12-17)39-3)14-44-29(35)16-8-20(32)26(41-5)23(11-16)38-2/h7-12,18H,13-14H2,1-6H3. The molecule has 0 aliphatic heterocycles. The number of methoxy groups -OCH3 is 6. The smallest absolute Gasteiger partial charge is 0.338 e. The lowest BCUT2D eigenvalue weighted by atomic mass is 10.2. The molecule has 3 aromatic rings. The Balaban J connectivity index is 1.85. The van der Waals surface area contributed by atoms with Gasteiger partial charge in [0.05, 0.1) is 72.8 Å². The van der Waals surface area contributed by atoms with Gasteiger partial charge in [0.1, 0.15) is 13.2 Å². The molecule has 3 aromatic carbocycles. The van der Waals surface area contributed by atoms with E-state index in [9.17, 15) is 14.4 Å². The van der Waals surface area contributed by atoms with Crippen LogP contribution < -0.4 is 28.4 Å². The van der Waals surface area contributed by atoms with E-state index in [-0.39, 0.29) is 33.9 Å². The van der Waals surface area contributed by atoms with Crippen LogP contribution in [0.2, 0.25) is 0 Å². The third-order valence-corrected chi connectivity index (χ3v) is 7.85.